The summed E-state index contributed by atoms with van der Waals surface area (Å²) >= 11 is 0. The van der Waals surface area contributed by atoms with Crippen LogP contribution in [0.25, 0.3) is 0 Å². The molecule has 1 unspecified atom stereocenters. The molecule has 0 aromatic heterocycles. The first-order chi connectivity index (χ1) is 6.05. The molecule has 76 valence electrons. The highest BCUT2D eigenvalue weighted by Gasteiger charge is 2.39. The maximum absolute atomic E-state index is 12.8. The molecule has 2 nitrogen and oxygen atoms in total. The van der Waals surface area contributed by atoms with E-state index in [9.17, 15) is 13.6 Å². The molecule has 0 bridgehead atoms. The minimum absolute atomic E-state index is 0.0943. The van der Waals surface area contributed by atoms with Crippen LogP contribution in [-0.4, -0.2) is 18.5 Å². The van der Waals surface area contributed by atoms with Crippen molar-refractivity contribution in [3.05, 3.63) is 0 Å². The Hall–Kier alpha value is -0.670. The molecule has 0 aromatic carbocycles. The van der Waals surface area contributed by atoms with E-state index in [2.05, 4.69) is 0 Å². The third-order valence-electron chi connectivity index (χ3n) is 2.26. The first-order valence-electron chi connectivity index (χ1n) is 4.59. The van der Waals surface area contributed by atoms with Crippen LogP contribution in [0.1, 0.15) is 32.6 Å². The number of carbonyl (C=O) groups is 1. The van der Waals surface area contributed by atoms with Crippen molar-refractivity contribution in [2.45, 2.75) is 38.5 Å². The summed E-state index contributed by atoms with van der Waals surface area (Å²) in [5, 5.41) is 0. The highest BCUT2D eigenvalue weighted by molar-refractivity contribution is 5.72. The zero-order chi connectivity index (χ0) is 9.90. The van der Waals surface area contributed by atoms with Crippen LogP contribution < -0.4 is 0 Å². The minimum Gasteiger partial charge on any atom is -0.466 e. The largest absolute Gasteiger partial charge is 0.466 e. The summed E-state index contributed by atoms with van der Waals surface area (Å²) in [6.45, 7) is 1.94. The van der Waals surface area contributed by atoms with Gasteiger partial charge < -0.3 is 4.74 Å². The molecular weight excluding hydrogens is 178 g/mol. The third kappa shape index (κ3) is 2.94. The van der Waals surface area contributed by atoms with E-state index in [0.29, 0.717) is 12.8 Å². The summed E-state index contributed by atoms with van der Waals surface area (Å²) in [5.41, 5.74) is 0. The number of esters is 1. The number of carbonyl (C=O) groups excluding carboxylic acids is 1. The van der Waals surface area contributed by atoms with Gasteiger partial charge in [0.1, 0.15) is 0 Å². The van der Waals surface area contributed by atoms with Gasteiger partial charge in [-0.15, -0.1) is 0 Å². The van der Waals surface area contributed by atoms with Gasteiger partial charge in [0.15, 0.2) is 0 Å². The Bertz CT molecular complexity index is 192. The second kappa shape index (κ2) is 4.03. The first kappa shape index (κ1) is 10.4. The van der Waals surface area contributed by atoms with Crippen molar-refractivity contribution in [2.24, 2.45) is 5.92 Å². The Labute approximate surface area is 76.3 Å². The van der Waals surface area contributed by atoms with Crippen molar-refractivity contribution in [3.8, 4) is 0 Å². The SMILES string of the molecule is CCOC(=O)C1CCCC(F)(F)C1. The van der Waals surface area contributed by atoms with E-state index >= 15 is 0 Å². The molecule has 1 aliphatic carbocycles. The van der Waals surface area contributed by atoms with Crippen LogP contribution in [-0.2, 0) is 9.53 Å². The summed E-state index contributed by atoms with van der Waals surface area (Å²) in [6.07, 6.45) is 0.514. The average Bonchev–Trinajstić information content (AvgIpc) is 2.03. The zero-order valence-electron chi connectivity index (χ0n) is 7.69. The normalized spacial score (nSPS) is 26.8. The second-order valence-electron chi connectivity index (χ2n) is 3.40. The van der Waals surface area contributed by atoms with Crippen molar-refractivity contribution in [3.63, 3.8) is 0 Å². The third-order valence-corrected chi connectivity index (χ3v) is 2.26. The molecule has 0 radical (unpaired) electrons. The fraction of sp³-hybridized carbons (Fsp3) is 0.889. The quantitative estimate of drug-likeness (QED) is 0.628. The fourth-order valence-corrected chi connectivity index (χ4v) is 1.63. The average molecular weight is 192 g/mol. The summed E-state index contributed by atoms with van der Waals surface area (Å²) in [5.74, 6) is -3.74. The molecule has 0 saturated heterocycles. The van der Waals surface area contributed by atoms with Crippen molar-refractivity contribution in [2.75, 3.05) is 6.61 Å². The van der Waals surface area contributed by atoms with Crippen LogP contribution in [0.2, 0.25) is 0 Å². The van der Waals surface area contributed by atoms with Crippen molar-refractivity contribution >= 4 is 5.97 Å². The van der Waals surface area contributed by atoms with E-state index < -0.39 is 17.8 Å². The molecule has 0 aromatic rings. The van der Waals surface area contributed by atoms with E-state index in [4.69, 9.17) is 4.74 Å². The van der Waals surface area contributed by atoms with E-state index in [1.807, 2.05) is 0 Å². The van der Waals surface area contributed by atoms with Gasteiger partial charge >= 0.3 is 5.97 Å². The monoisotopic (exact) mass is 192 g/mol. The van der Waals surface area contributed by atoms with Gasteiger partial charge in [-0.3, -0.25) is 4.79 Å². The number of ether oxygens (including phenoxy) is 1. The van der Waals surface area contributed by atoms with E-state index in [-0.39, 0.29) is 19.4 Å². The van der Waals surface area contributed by atoms with E-state index in [1.165, 1.54) is 0 Å². The first-order valence-corrected chi connectivity index (χ1v) is 4.59. The number of hydrogen-bond donors (Lipinski definition) is 0. The molecule has 0 N–H and O–H groups in total. The molecule has 1 aliphatic rings. The maximum atomic E-state index is 12.8. The lowest BCUT2D eigenvalue weighted by atomic mass is 9.87. The summed E-state index contributed by atoms with van der Waals surface area (Å²) < 4.78 is 30.4. The predicted molar refractivity (Wildman–Crippen MR) is 43.5 cm³/mol. The zero-order valence-corrected chi connectivity index (χ0v) is 7.69. The smallest absolute Gasteiger partial charge is 0.309 e. The van der Waals surface area contributed by atoms with Crippen molar-refractivity contribution in [1.82, 2.24) is 0 Å². The van der Waals surface area contributed by atoms with Crippen LogP contribution in [0, 0.1) is 5.92 Å². The Morgan fingerprint density at radius 3 is 2.85 bits per heavy atom. The Balaban J connectivity index is 2.47. The van der Waals surface area contributed by atoms with Gasteiger partial charge in [-0.05, 0) is 19.8 Å². The van der Waals surface area contributed by atoms with Gasteiger partial charge in [0.05, 0.1) is 12.5 Å². The topological polar surface area (TPSA) is 26.3 Å². The Morgan fingerprint density at radius 1 is 1.62 bits per heavy atom. The minimum atomic E-state index is -2.67. The van der Waals surface area contributed by atoms with Crippen LogP contribution in [0.15, 0.2) is 0 Å². The lowest BCUT2D eigenvalue weighted by Gasteiger charge is -2.27. The number of rotatable bonds is 2. The number of halogens is 2. The predicted octanol–water partition coefficient (Wildman–Crippen LogP) is 2.38. The van der Waals surface area contributed by atoms with Crippen LogP contribution in [0.5, 0.6) is 0 Å². The van der Waals surface area contributed by atoms with Crippen LogP contribution in [0.4, 0.5) is 8.78 Å². The molecule has 0 spiro atoms. The van der Waals surface area contributed by atoms with Crippen molar-refractivity contribution < 1.29 is 18.3 Å². The molecule has 1 saturated carbocycles. The number of alkyl halides is 2. The molecule has 0 amide bonds. The Morgan fingerprint density at radius 2 is 2.31 bits per heavy atom. The van der Waals surface area contributed by atoms with Crippen molar-refractivity contribution in [1.29, 1.82) is 0 Å². The van der Waals surface area contributed by atoms with E-state index in [0.717, 1.165) is 0 Å². The van der Waals surface area contributed by atoms with Gasteiger partial charge in [-0.1, -0.05) is 0 Å². The molecule has 0 heterocycles. The van der Waals surface area contributed by atoms with Gasteiger partial charge in [-0.2, -0.15) is 0 Å². The molecular formula is C9H14F2O2. The molecule has 13 heavy (non-hydrogen) atoms. The standard InChI is InChI=1S/C9H14F2O2/c1-2-13-8(12)7-4-3-5-9(10,11)6-7/h7H,2-6H2,1H3. The molecule has 1 fully saturated rings. The van der Waals surface area contributed by atoms with Gasteiger partial charge in [0.2, 0.25) is 5.92 Å². The molecule has 1 rings (SSSR count). The lowest BCUT2D eigenvalue weighted by Crippen LogP contribution is -2.31. The van der Waals surface area contributed by atoms with Crippen LogP contribution in [0.3, 0.4) is 0 Å². The fourth-order valence-electron chi connectivity index (χ4n) is 1.63. The summed E-state index contributed by atoms with van der Waals surface area (Å²) in [7, 11) is 0. The van der Waals surface area contributed by atoms with Gasteiger partial charge in [0, 0.05) is 12.8 Å². The molecule has 1 atom stereocenters. The van der Waals surface area contributed by atoms with Crippen LogP contribution >= 0.6 is 0 Å². The Kier molecular flexibility index (Phi) is 3.22. The van der Waals surface area contributed by atoms with Gasteiger partial charge in [0.25, 0.3) is 0 Å². The molecule has 0 aliphatic heterocycles. The molecule has 4 heteroatoms. The highest BCUT2D eigenvalue weighted by Crippen LogP contribution is 2.36. The van der Waals surface area contributed by atoms with E-state index in [1.54, 1.807) is 6.92 Å². The maximum Gasteiger partial charge on any atom is 0.309 e. The summed E-state index contributed by atoms with van der Waals surface area (Å²) in [6, 6.07) is 0. The lowest BCUT2D eigenvalue weighted by molar-refractivity contribution is -0.155. The summed E-state index contributed by atoms with van der Waals surface area (Å²) in [4.78, 5) is 11.1. The van der Waals surface area contributed by atoms with Gasteiger partial charge in [-0.25, -0.2) is 8.78 Å². The second-order valence-corrected chi connectivity index (χ2v) is 3.40. The number of hydrogen-bond acceptors (Lipinski definition) is 2. The highest BCUT2D eigenvalue weighted by atomic mass is 19.3.